The minimum absolute atomic E-state index is 0.0925. The first-order valence-electron chi connectivity index (χ1n) is 11.7. The maximum atomic E-state index is 9.03. The van der Waals surface area contributed by atoms with Gasteiger partial charge in [0.2, 0.25) is 0 Å². The first-order chi connectivity index (χ1) is 12.9. The van der Waals surface area contributed by atoms with Gasteiger partial charge in [-0.15, -0.1) is 0 Å². The second kappa shape index (κ2) is 14.9. The fraction of sp³-hybridized carbons (Fsp3) is 1.00. The zero-order valence-corrected chi connectivity index (χ0v) is 17.1. The average molecular weight is 369 g/mol. The predicted molar refractivity (Wildman–Crippen MR) is 108 cm³/mol. The molecule has 2 aliphatic rings. The Hall–Kier alpha value is -0.120. The largest absolute Gasteiger partial charge is 0.396 e. The maximum absolute atomic E-state index is 9.03. The first kappa shape index (κ1) is 22.2. The fourth-order valence-corrected chi connectivity index (χ4v) is 4.22. The molecule has 26 heavy (non-hydrogen) atoms. The highest BCUT2D eigenvalue weighted by Gasteiger charge is 2.35. The van der Waals surface area contributed by atoms with E-state index in [1.165, 1.54) is 103 Å². The van der Waals surface area contributed by atoms with Crippen molar-refractivity contribution in [3.05, 3.63) is 0 Å². The second-order valence-corrected chi connectivity index (χ2v) is 8.64. The maximum Gasteiger partial charge on any atom is 0.157 e. The SMILES string of the molecule is OC[C@@H]1C[C@@H]1CCCCCCCCCCCCCCOC1CCCCO1. The third-order valence-corrected chi connectivity index (χ3v) is 6.21. The topological polar surface area (TPSA) is 38.7 Å². The Balaban J connectivity index is 1.20. The van der Waals surface area contributed by atoms with E-state index in [1.54, 1.807) is 0 Å². The number of rotatable bonds is 17. The highest BCUT2D eigenvalue weighted by atomic mass is 16.7. The van der Waals surface area contributed by atoms with Crippen molar-refractivity contribution < 1.29 is 14.6 Å². The van der Waals surface area contributed by atoms with Crippen molar-refractivity contribution in [2.24, 2.45) is 11.8 Å². The normalized spacial score (nSPS) is 25.5. The van der Waals surface area contributed by atoms with Gasteiger partial charge in [-0.1, -0.05) is 77.0 Å². The molecule has 154 valence electrons. The molecular formula is C23H44O3. The third-order valence-electron chi connectivity index (χ3n) is 6.21. The van der Waals surface area contributed by atoms with Gasteiger partial charge in [0.15, 0.2) is 6.29 Å². The van der Waals surface area contributed by atoms with Crippen LogP contribution in [-0.4, -0.2) is 31.2 Å². The van der Waals surface area contributed by atoms with Crippen LogP contribution in [0.1, 0.15) is 109 Å². The van der Waals surface area contributed by atoms with Crippen LogP contribution in [-0.2, 0) is 9.47 Å². The molecule has 1 saturated carbocycles. The smallest absolute Gasteiger partial charge is 0.157 e. The summed E-state index contributed by atoms with van der Waals surface area (Å²) in [4.78, 5) is 0. The van der Waals surface area contributed by atoms with E-state index in [0.717, 1.165) is 25.6 Å². The molecule has 0 bridgehead atoms. The van der Waals surface area contributed by atoms with Crippen LogP contribution in [0.25, 0.3) is 0 Å². The van der Waals surface area contributed by atoms with Crippen LogP contribution in [0.15, 0.2) is 0 Å². The van der Waals surface area contributed by atoms with Gasteiger partial charge in [-0.3, -0.25) is 0 Å². The lowest BCUT2D eigenvalue weighted by atomic mass is 10.0. The van der Waals surface area contributed by atoms with Crippen LogP contribution in [0, 0.1) is 11.8 Å². The van der Waals surface area contributed by atoms with Gasteiger partial charge in [-0.25, -0.2) is 0 Å². The lowest BCUT2D eigenvalue weighted by Crippen LogP contribution is -2.22. The van der Waals surface area contributed by atoms with Crippen molar-refractivity contribution in [3.63, 3.8) is 0 Å². The van der Waals surface area contributed by atoms with Crippen molar-refractivity contribution in [1.29, 1.82) is 0 Å². The van der Waals surface area contributed by atoms with Crippen molar-refractivity contribution in [2.75, 3.05) is 19.8 Å². The zero-order valence-electron chi connectivity index (χ0n) is 17.1. The summed E-state index contributed by atoms with van der Waals surface area (Å²) < 4.78 is 11.4. The van der Waals surface area contributed by atoms with Gasteiger partial charge >= 0.3 is 0 Å². The standard InChI is InChI=1S/C23H44O3/c24-20-22-19-21(22)15-11-9-7-5-3-1-2-4-6-8-10-13-17-25-23-16-12-14-18-26-23/h21-24H,1-20H2/t21-,22-,23?/m0/s1. The Morgan fingerprint density at radius 2 is 1.35 bits per heavy atom. The number of hydrogen-bond acceptors (Lipinski definition) is 3. The van der Waals surface area contributed by atoms with Gasteiger partial charge in [-0.05, 0) is 43.9 Å². The van der Waals surface area contributed by atoms with Crippen LogP contribution in [0.5, 0.6) is 0 Å². The van der Waals surface area contributed by atoms with E-state index in [2.05, 4.69) is 0 Å². The molecule has 0 aromatic heterocycles. The van der Waals surface area contributed by atoms with Crippen LogP contribution in [0.4, 0.5) is 0 Å². The fourth-order valence-electron chi connectivity index (χ4n) is 4.22. The summed E-state index contributed by atoms with van der Waals surface area (Å²) in [7, 11) is 0. The number of unbranched alkanes of at least 4 members (excludes halogenated alkanes) is 11. The summed E-state index contributed by atoms with van der Waals surface area (Å²) in [5.74, 6) is 1.53. The van der Waals surface area contributed by atoms with Crippen LogP contribution in [0.3, 0.4) is 0 Å². The number of ether oxygens (including phenoxy) is 2. The number of hydrogen-bond donors (Lipinski definition) is 1. The molecule has 0 aromatic carbocycles. The number of aliphatic hydroxyl groups excluding tert-OH is 1. The van der Waals surface area contributed by atoms with E-state index in [-0.39, 0.29) is 6.29 Å². The Morgan fingerprint density at radius 3 is 1.88 bits per heavy atom. The monoisotopic (exact) mass is 368 g/mol. The van der Waals surface area contributed by atoms with Gasteiger partial charge in [0.05, 0.1) is 0 Å². The summed E-state index contributed by atoms with van der Waals surface area (Å²) >= 11 is 0. The summed E-state index contributed by atoms with van der Waals surface area (Å²) in [6.07, 6.45) is 22.9. The summed E-state index contributed by atoms with van der Waals surface area (Å²) in [5, 5.41) is 9.03. The van der Waals surface area contributed by atoms with Gasteiger partial charge in [0.25, 0.3) is 0 Å². The van der Waals surface area contributed by atoms with Crippen molar-refractivity contribution in [1.82, 2.24) is 0 Å². The molecule has 0 spiro atoms. The van der Waals surface area contributed by atoms with E-state index in [4.69, 9.17) is 14.6 Å². The molecule has 3 nitrogen and oxygen atoms in total. The summed E-state index contributed by atoms with van der Waals surface area (Å²) in [5.41, 5.74) is 0. The Bertz CT molecular complexity index is 315. The molecule has 0 radical (unpaired) electrons. The molecule has 1 saturated heterocycles. The highest BCUT2D eigenvalue weighted by Crippen LogP contribution is 2.41. The molecule has 2 rings (SSSR count). The molecule has 1 unspecified atom stereocenters. The van der Waals surface area contributed by atoms with Gasteiger partial charge in [0.1, 0.15) is 0 Å². The van der Waals surface area contributed by atoms with Crippen LogP contribution in [0.2, 0.25) is 0 Å². The molecule has 1 heterocycles. The molecule has 0 aromatic rings. The van der Waals surface area contributed by atoms with E-state index in [1.807, 2.05) is 0 Å². The molecule has 2 fully saturated rings. The highest BCUT2D eigenvalue weighted by molar-refractivity contribution is 4.85. The van der Waals surface area contributed by atoms with Crippen LogP contribution >= 0.6 is 0 Å². The van der Waals surface area contributed by atoms with Crippen molar-refractivity contribution >= 4 is 0 Å². The molecule has 1 aliphatic carbocycles. The van der Waals surface area contributed by atoms with E-state index < -0.39 is 0 Å². The minimum atomic E-state index is 0.0925. The zero-order chi connectivity index (χ0) is 18.3. The van der Waals surface area contributed by atoms with E-state index >= 15 is 0 Å². The summed E-state index contributed by atoms with van der Waals surface area (Å²) in [6.45, 7) is 2.19. The lowest BCUT2D eigenvalue weighted by Gasteiger charge is -2.22. The van der Waals surface area contributed by atoms with E-state index in [9.17, 15) is 0 Å². The Kier molecular flexibility index (Phi) is 12.7. The van der Waals surface area contributed by atoms with E-state index in [0.29, 0.717) is 12.5 Å². The van der Waals surface area contributed by atoms with Gasteiger partial charge in [-0.2, -0.15) is 0 Å². The molecule has 1 N–H and O–H groups in total. The summed E-state index contributed by atoms with van der Waals surface area (Å²) in [6, 6.07) is 0. The predicted octanol–water partition coefficient (Wildman–Crippen LogP) is 6.23. The molecule has 0 amide bonds. The van der Waals surface area contributed by atoms with Crippen LogP contribution < -0.4 is 0 Å². The van der Waals surface area contributed by atoms with Gasteiger partial charge in [0, 0.05) is 19.8 Å². The second-order valence-electron chi connectivity index (χ2n) is 8.64. The first-order valence-corrected chi connectivity index (χ1v) is 11.7. The number of aliphatic hydroxyl groups is 1. The van der Waals surface area contributed by atoms with Crippen molar-refractivity contribution in [2.45, 2.75) is 115 Å². The molecule has 3 heteroatoms. The average Bonchev–Trinajstić information content (AvgIpc) is 3.44. The van der Waals surface area contributed by atoms with Crippen molar-refractivity contribution in [3.8, 4) is 0 Å². The van der Waals surface area contributed by atoms with Gasteiger partial charge < -0.3 is 14.6 Å². The lowest BCUT2D eigenvalue weighted by molar-refractivity contribution is -0.162. The third kappa shape index (κ3) is 10.9. The molecular weight excluding hydrogens is 324 g/mol. The Labute approximate surface area is 162 Å². The Morgan fingerprint density at radius 1 is 0.731 bits per heavy atom. The minimum Gasteiger partial charge on any atom is -0.396 e. The molecule has 3 atom stereocenters. The quantitative estimate of drug-likeness (QED) is 0.309. The molecule has 1 aliphatic heterocycles.